The molecule has 0 saturated carbocycles. The van der Waals surface area contributed by atoms with Gasteiger partial charge in [-0.2, -0.15) is 0 Å². The van der Waals surface area contributed by atoms with E-state index in [-0.39, 0.29) is 12.6 Å². The first kappa shape index (κ1) is 18.4. The van der Waals surface area contributed by atoms with E-state index in [0.29, 0.717) is 18.0 Å². The molecule has 0 saturated heterocycles. The van der Waals surface area contributed by atoms with E-state index in [1.807, 2.05) is 30.3 Å². The van der Waals surface area contributed by atoms with Crippen molar-refractivity contribution in [3.8, 4) is 0 Å². The number of carbonyl (C=O) groups is 2. The number of hydrogen-bond acceptors (Lipinski definition) is 5. The molecule has 1 aromatic heterocycles. The number of ether oxygens (including phenoxy) is 2. The monoisotopic (exact) mass is 342 g/mol. The van der Waals surface area contributed by atoms with E-state index in [4.69, 9.17) is 9.47 Å². The van der Waals surface area contributed by atoms with Crippen LogP contribution in [0.2, 0.25) is 0 Å². The standard InChI is InChI=1S/C19H22N2O4/c1-4-24-17(22)19(2,3)16-11-10-15(12-20-16)21-18(23)25-13-14-8-6-5-7-9-14/h5-12H,4,13H2,1-3H3,(H,21,23). The largest absolute Gasteiger partial charge is 0.465 e. The Balaban J connectivity index is 1.93. The fraction of sp³-hybridized carbons (Fsp3) is 0.316. The Morgan fingerprint density at radius 3 is 2.40 bits per heavy atom. The minimum absolute atomic E-state index is 0.189. The van der Waals surface area contributed by atoms with Gasteiger partial charge in [-0.05, 0) is 38.5 Å². The Hall–Kier alpha value is -2.89. The van der Waals surface area contributed by atoms with Crippen molar-refractivity contribution in [3.63, 3.8) is 0 Å². The van der Waals surface area contributed by atoms with Crippen molar-refractivity contribution >= 4 is 17.7 Å². The Bertz CT molecular complexity index is 712. The van der Waals surface area contributed by atoms with Crippen LogP contribution in [-0.2, 0) is 26.3 Å². The first-order valence-corrected chi connectivity index (χ1v) is 8.05. The molecule has 1 amide bonds. The minimum Gasteiger partial charge on any atom is -0.465 e. The number of pyridine rings is 1. The summed E-state index contributed by atoms with van der Waals surface area (Å²) in [7, 11) is 0. The van der Waals surface area contributed by atoms with Gasteiger partial charge in [-0.15, -0.1) is 0 Å². The molecule has 1 aromatic carbocycles. The molecule has 0 radical (unpaired) electrons. The van der Waals surface area contributed by atoms with Gasteiger partial charge in [0.1, 0.15) is 12.0 Å². The number of esters is 1. The molecule has 1 N–H and O–H groups in total. The highest BCUT2D eigenvalue weighted by molar-refractivity contribution is 5.85. The normalized spacial score (nSPS) is 10.8. The summed E-state index contributed by atoms with van der Waals surface area (Å²) in [6.07, 6.45) is 0.920. The average Bonchev–Trinajstić information content (AvgIpc) is 2.61. The van der Waals surface area contributed by atoms with Crippen molar-refractivity contribution in [2.24, 2.45) is 0 Å². The van der Waals surface area contributed by atoms with Gasteiger partial charge in [-0.25, -0.2) is 4.79 Å². The van der Waals surface area contributed by atoms with Crippen LogP contribution in [0.1, 0.15) is 32.0 Å². The lowest BCUT2D eigenvalue weighted by Gasteiger charge is -2.21. The van der Waals surface area contributed by atoms with Crippen LogP contribution in [0.5, 0.6) is 0 Å². The Morgan fingerprint density at radius 1 is 1.08 bits per heavy atom. The molecule has 0 bridgehead atoms. The molecule has 6 heteroatoms. The van der Waals surface area contributed by atoms with Gasteiger partial charge >= 0.3 is 12.1 Å². The molecule has 132 valence electrons. The Morgan fingerprint density at radius 2 is 1.80 bits per heavy atom. The lowest BCUT2D eigenvalue weighted by Crippen LogP contribution is -2.32. The molecular weight excluding hydrogens is 320 g/mol. The van der Waals surface area contributed by atoms with Crippen molar-refractivity contribution in [1.82, 2.24) is 4.98 Å². The van der Waals surface area contributed by atoms with Crippen LogP contribution in [0.4, 0.5) is 10.5 Å². The molecule has 0 spiro atoms. The zero-order valence-electron chi connectivity index (χ0n) is 14.6. The maximum Gasteiger partial charge on any atom is 0.412 e. The topological polar surface area (TPSA) is 77.5 Å². The van der Waals surface area contributed by atoms with Crippen LogP contribution >= 0.6 is 0 Å². The Kier molecular flexibility index (Phi) is 6.11. The summed E-state index contributed by atoms with van der Waals surface area (Å²) < 4.78 is 10.2. The maximum absolute atomic E-state index is 12.0. The fourth-order valence-electron chi connectivity index (χ4n) is 2.13. The van der Waals surface area contributed by atoms with E-state index >= 15 is 0 Å². The highest BCUT2D eigenvalue weighted by atomic mass is 16.5. The number of anilines is 1. The first-order valence-electron chi connectivity index (χ1n) is 8.05. The molecule has 0 aliphatic rings. The van der Waals surface area contributed by atoms with E-state index in [1.165, 1.54) is 6.20 Å². The number of rotatable bonds is 6. The van der Waals surface area contributed by atoms with Crippen molar-refractivity contribution < 1.29 is 19.1 Å². The highest BCUT2D eigenvalue weighted by Gasteiger charge is 2.32. The van der Waals surface area contributed by atoms with Crippen LogP contribution in [0.25, 0.3) is 0 Å². The number of nitrogens with zero attached hydrogens (tertiary/aromatic N) is 1. The Labute approximate surface area is 147 Å². The number of nitrogens with one attached hydrogen (secondary N) is 1. The van der Waals surface area contributed by atoms with Crippen molar-refractivity contribution in [1.29, 1.82) is 0 Å². The van der Waals surface area contributed by atoms with E-state index in [2.05, 4.69) is 10.3 Å². The van der Waals surface area contributed by atoms with Crippen molar-refractivity contribution in [3.05, 3.63) is 59.9 Å². The molecule has 6 nitrogen and oxygen atoms in total. The highest BCUT2D eigenvalue weighted by Crippen LogP contribution is 2.24. The summed E-state index contributed by atoms with van der Waals surface area (Å²) in [6.45, 7) is 5.75. The average molecular weight is 342 g/mol. The molecular formula is C19H22N2O4. The van der Waals surface area contributed by atoms with Gasteiger partial charge in [0.05, 0.1) is 24.2 Å². The molecule has 2 rings (SSSR count). The zero-order valence-corrected chi connectivity index (χ0v) is 14.6. The predicted octanol–water partition coefficient (Wildman–Crippen LogP) is 3.67. The summed E-state index contributed by atoms with van der Waals surface area (Å²) in [6, 6.07) is 12.8. The van der Waals surface area contributed by atoms with Gasteiger partial charge in [-0.3, -0.25) is 15.1 Å². The third-order valence-corrected chi connectivity index (χ3v) is 3.65. The molecule has 0 aliphatic heterocycles. The number of aromatic nitrogens is 1. The number of amides is 1. The minimum atomic E-state index is -0.859. The zero-order chi connectivity index (χ0) is 18.3. The second-order valence-corrected chi connectivity index (χ2v) is 5.96. The molecule has 0 atom stereocenters. The van der Waals surface area contributed by atoms with Gasteiger partial charge in [-0.1, -0.05) is 30.3 Å². The molecule has 2 aromatic rings. The summed E-state index contributed by atoms with van der Waals surface area (Å²) in [5.74, 6) is -0.342. The number of hydrogen-bond donors (Lipinski definition) is 1. The van der Waals surface area contributed by atoms with Crippen LogP contribution in [-0.4, -0.2) is 23.7 Å². The second-order valence-electron chi connectivity index (χ2n) is 5.96. The van der Waals surface area contributed by atoms with Gasteiger partial charge < -0.3 is 9.47 Å². The summed E-state index contributed by atoms with van der Waals surface area (Å²) in [5.41, 5.74) is 1.10. The van der Waals surface area contributed by atoms with Crippen LogP contribution in [0.15, 0.2) is 48.7 Å². The van der Waals surface area contributed by atoms with Crippen LogP contribution in [0.3, 0.4) is 0 Å². The molecule has 0 fully saturated rings. The summed E-state index contributed by atoms with van der Waals surface area (Å²) in [4.78, 5) is 28.1. The maximum atomic E-state index is 12.0. The van der Waals surface area contributed by atoms with Gasteiger partial charge in [0, 0.05) is 0 Å². The molecule has 0 unspecified atom stereocenters. The van der Waals surface area contributed by atoms with E-state index < -0.39 is 11.5 Å². The van der Waals surface area contributed by atoms with Crippen molar-refractivity contribution in [2.75, 3.05) is 11.9 Å². The van der Waals surface area contributed by atoms with E-state index in [9.17, 15) is 9.59 Å². The van der Waals surface area contributed by atoms with Crippen LogP contribution in [0, 0.1) is 0 Å². The fourth-order valence-corrected chi connectivity index (χ4v) is 2.13. The first-order chi connectivity index (χ1) is 11.9. The SMILES string of the molecule is CCOC(=O)C(C)(C)c1ccc(NC(=O)OCc2ccccc2)cn1. The third-order valence-electron chi connectivity index (χ3n) is 3.65. The predicted molar refractivity (Wildman–Crippen MR) is 94.1 cm³/mol. The second kappa shape index (κ2) is 8.28. The number of carbonyl (C=O) groups excluding carboxylic acids is 2. The van der Waals surface area contributed by atoms with Crippen LogP contribution < -0.4 is 5.32 Å². The lowest BCUT2D eigenvalue weighted by molar-refractivity contribution is -0.148. The van der Waals surface area contributed by atoms with Gasteiger partial charge in [0.2, 0.25) is 0 Å². The van der Waals surface area contributed by atoms with E-state index in [1.54, 1.807) is 32.9 Å². The molecule has 0 aliphatic carbocycles. The molecule has 25 heavy (non-hydrogen) atoms. The smallest absolute Gasteiger partial charge is 0.412 e. The van der Waals surface area contributed by atoms with Gasteiger partial charge in [0.25, 0.3) is 0 Å². The quantitative estimate of drug-likeness (QED) is 0.811. The molecule has 1 heterocycles. The third kappa shape index (κ3) is 5.04. The van der Waals surface area contributed by atoms with E-state index in [0.717, 1.165) is 5.56 Å². The summed E-state index contributed by atoms with van der Waals surface area (Å²) >= 11 is 0. The van der Waals surface area contributed by atoms with Gasteiger partial charge in [0.15, 0.2) is 0 Å². The number of benzene rings is 1. The summed E-state index contributed by atoms with van der Waals surface area (Å²) in [5, 5.41) is 2.61. The lowest BCUT2D eigenvalue weighted by atomic mass is 9.89. The van der Waals surface area contributed by atoms with Crippen molar-refractivity contribution in [2.45, 2.75) is 32.8 Å².